The Labute approximate surface area is 134 Å². The van der Waals surface area contributed by atoms with Gasteiger partial charge in [0.1, 0.15) is 5.82 Å². The van der Waals surface area contributed by atoms with Gasteiger partial charge in [0.2, 0.25) is 0 Å². The van der Waals surface area contributed by atoms with Crippen LogP contribution < -0.4 is 5.32 Å². The second-order valence-corrected chi connectivity index (χ2v) is 6.07. The molecule has 2 rings (SSSR count). The smallest absolute Gasteiger partial charge is 0.137 e. The summed E-state index contributed by atoms with van der Waals surface area (Å²) in [5.41, 5.74) is 3.53. The first-order valence-electron chi connectivity index (χ1n) is 7.35. The minimum absolute atomic E-state index is 0.198. The van der Waals surface area contributed by atoms with E-state index in [2.05, 4.69) is 53.3 Å². The van der Waals surface area contributed by atoms with E-state index in [1.54, 1.807) is 6.07 Å². The largest absolute Gasteiger partial charge is 0.310 e. The van der Waals surface area contributed by atoms with E-state index >= 15 is 0 Å². The Balaban J connectivity index is 2.28. The lowest BCUT2D eigenvalue weighted by atomic mass is 9.95. The number of benzene rings is 2. The van der Waals surface area contributed by atoms with Crippen LogP contribution in [-0.4, -0.2) is 6.54 Å². The molecular formula is C18H21BrFN. The molecule has 0 saturated heterocycles. The number of halogens is 2. The molecule has 1 nitrogen and oxygen atoms in total. The molecule has 1 N–H and O–H groups in total. The molecule has 3 heteroatoms. The molecule has 0 bridgehead atoms. The Hall–Kier alpha value is -1.19. The van der Waals surface area contributed by atoms with Crippen LogP contribution in [0.4, 0.5) is 4.39 Å². The van der Waals surface area contributed by atoms with Crippen molar-refractivity contribution in [3.8, 4) is 0 Å². The van der Waals surface area contributed by atoms with Crippen LogP contribution in [-0.2, 0) is 6.42 Å². The van der Waals surface area contributed by atoms with Gasteiger partial charge in [0.05, 0.1) is 4.47 Å². The van der Waals surface area contributed by atoms with Gasteiger partial charge in [-0.15, -0.1) is 0 Å². The van der Waals surface area contributed by atoms with Gasteiger partial charge in [-0.3, -0.25) is 0 Å². The van der Waals surface area contributed by atoms with E-state index in [-0.39, 0.29) is 11.9 Å². The maximum absolute atomic E-state index is 13.7. The monoisotopic (exact) mass is 349 g/mol. The molecule has 0 aliphatic heterocycles. The van der Waals surface area contributed by atoms with Gasteiger partial charge in [-0.2, -0.15) is 0 Å². The third-order valence-corrected chi connectivity index (χ3v) is 4.55. The topological polar surface area (TPSA) is 12.0 Å². The third kappa shape index (κ3) is 4.14. The molecule has 1 atom stereocenters. The van der Waals surface area contributed by atoms with Gasteiger partial charge < -0.3 is 5.32 Å². The predicted molar refractivity (Wildman–Crippen MR) is 90.0 cm³/mol. The zero-order chi connectivity index (χ0) is 15.2. The molecule has 2 aromatic carbocycles. The molecule has 0 fully saturated rings. The molecule has 0 aliphatic rings. The van der Waals surface area contributed by atoms with E-state index < -0.39 is 0 Å². The highest BCUT2D eigenvalue weighted by atomic mass is 79.9. The first-order valence-corrected chi connectivity index (χ1v) is 8.14. The SMILES string of the molecule is CCCNC(Cc1cccc(F)c1Br)c1ccccc1C. The lowest BCUT2D eigenvalue weighted by Crippen LogP contribution is -2.25. The van der Waals surface area contributed by atoms with Gasteiger partial charge in [0, 0.05) is 6.04 Å². The summed E-state index contributed by atoms with van der Waals surface area (Å²) in [4.78, 5) is 0. The molecule has 0 amide bonds. The third-order valence-electron chi connectivity index (χ3n) is 3.66. The minimum Gasteiger partial charge on any atom is -0.310 e. The van der Waals surface area contributed by atoms with Gasteiger partial charge in [0.15, 0.2) is 0 Å². The summed E-state index contributed by atoms with van der Waals surface area (Å²) in [6.45, 7) is 5.22. The summed E-state index contributed by atoms with van der Waals surface area (Å²) >= 11 is 3.37. The number of rotatable bonds is 6. The van der Waals surface area contributed by atoms with Crippen molar-refractivity contribution in [3.63, 3.8) is 0 Å². The molecule has 0 aliphatic carbocycles. The van der Waals surface area contributed by atoms with E-state index in [1.807, 2.05) is 12.1 Å². The van der Waals surface area contributed by atoms with Gasteiger partial charge in [0.25, 0.3) is 0 Å². The Morgan fingerprint density at radius 1 is 1.14 bits per heavy atom. The average Bonchev–Trinajstić information content (AvgIpc) is 2.48. The van der Waals surface area contributed by atoms with Crippen molar-refractivity contribution < 1.29 is 4.39 Å². The Morgan fingerprint density at radius 2 is 1.90 bits per heavy atom. The van der Waals surface area contributed by atoms with Crippen molar-refractivity contribution in [3.05, 3.63) is 69.4 Å². The molecule has 21 heavy (non-hydrogen) atoms. The second kappa shape index (κ2) is 7.71. The molecule has 0 saturated carbocycles. The van der Waals surface area contributed by atoms with Crippen molar-refractivity contribution in [2.24, 2.45) is 0 Å². The first-order chi connectivity index (χ1) is 10.1. The molecule has 0 heterocycles. The highest BCUT2D eigenvalue weighted by Gasteiger charge is 2.16. The van der Waals surface area contributed by atoms with Crippen LogP contribution in [0.2, 0.25) is 0 Å². The predicted octanol–water partition coefficient (Wildman–Crippen LogP) is 5.18. The van der Waals surface area contributed by atoms with E-state index in [0.29, 0.717) is 4.47 Å². The van der Waals surface area contributed by atoms with E-state index in [0.717, 1.165) is 24.9 Å². The fourth-order valence-electron chi connectivity index (χ4n) is 2.51. The minimum atomic E-state index is -0.202. The van der Waals surface area contributed by atoms with Crippen LogP contribution in [0.15, 0.2) is 46.9 Å². The van der Waals surface area contributed by atoms with Crippen molar-refractivity contribution in [1.82, 2.24) is 5.32 Å². The summed E-state index contributed by atoms with van der Waals surface area (Å²) < 4.78 is 14.3. The Bertz CT molecular complexity index is 598. The second-order valence-electron chi connectivity index (χ2n) is 5.28. The lowest BCUT2D eigenvalue weighted by Gasteiger charge is -2.22. The van der Waals surface area contributed by atoms with E-state index in [9.17, 15) is 4.39 Å². The fourth-order valence-corrected chi connectivity index (χ4v) is 2.94. The van der Waals surface area contributed by atoms with Crippen molar-refractivity contribution in [1.29, 1.82) is 0 Å². The summed E-state index contributed by atoms with van der Waals surface area (Å²) in [5.74, 6) is -0.202. The van der Waals surface area contributed by atoms with Gasteiger partial charge >= 0.3 is 0 Å². The Kier molecular flexibility index (Phi) is 5.95. The average molecular weight is 350 g/mol. The number of hydrogen-bond donors (Lipinski definition) is 1. The molecule has 112 valence electrons. The summed E-state index contributed by atoms with van der Waals surface area (Å²) in [7, 11) is 0. The van der Waals surface area contributed by atoms with Crippen LogP contribution >= 0.6 is 15.9 Å². The number of nitrogens with one attached hydrogen (secondary N) is 1. The van der Waals surface area contributed by atoms with Crippen molar-refractivity contribution in [2.45, 2.75) is 32.7 Å². The standard InChI is InChI=1S/C18H21BrFN/c1-3-11-21-17(15-9-5-4-7-13(15)2)12-14-8-6-10-16(20)18(14)19/h4-10,17,21H,3,11-12H2,1-2H3. The normalized spacial score (nSPS) is 12.4. The molecule has 0 aromatic heterocycles. The van der Waals surface area contributed by atoms with Crippen molar-refractivity contribution in [2.75, 3.05) is 6.54 Å². The van der Waals surface area contributed by atoms with Crippen LogP contribution in [0.25, 0.3) is 0 Å². The summed E-state index contributed by atoms with van der Waals surface area (Å²) in [6.07, 6.45) is 1.84. The summed E-state index contributed by atoms with van der Waals surface area (Å²) in [5, 5.41) is 3.58. The molecule has 0 spiro atoms. The van der Waals surface area contributed by atoms with Gasteiger partial charge in [-0.25, -0.2) is 4.39 Å². The quantitative estimate of drug-likeness (QED) is 0.757. The molecular weight excluding hydrogens is 329 g/mol. The number of aryl methyl sites for hydroxylation is 1. The highest BCUT2D eigenvalue weighted by Crippen LogP contribution is 2.27. The molecule has 1 unspecified atom stereocenters. The Morgan fingerprint density at radius 3 is 2.62 bits per heavy atom. The van der Waals surface area contributed by atoms with Gasteiger partial charge in [-0.05, 0) is 65.0 Å². The van der Waals surface area contributed by atoms with Crippen LogP contribution in [0.1, 0.15) is 36.1 Å². The number of hydrogen-bond acceptors (Lipinski definition) is 1. The van der Waals surface area contributed by atoms with E-state index in [1.165, 1.54) is 17.2 Å². The maximum Gasteiger partial charge on any atom is 0.137 e. The zero-order valence-corrected chi connectivity index (χ0v) is 14.1. The summed E-state index contributed by atoms with van der Waals surface area (Å²) in [6, 6.07) is 13.8. The fraction of sp³-hybridized carbons (Fsp3) is 0.333. The van der Waals surface area contributed by atoms with E-state index in [4.69, 9.17) is 0 Å². The van der Waals surface area contributed by atoms with Crippen LogP contribution in [0, 0.1) is 12.7 Å². The molecule has 2 aromatic rings. The maximum atomic E-state index is 13.7. The van der Waals surface area contributed by atoms with Gasteiger partial charge in [-0.1, -0.05) is 43.3 Å². The molecule has 0 radical (unpaired) electrons. The highest BCUT2D eigenvalue weighted by molar-refractivity contribution is 9.10. The van der Waals surface area contributed by atoms with Crippen LogP contribution in [0.5, 0.6) is 0 Å². The lowest BCUT2D eigenvalue weighted by molar-refractivity contribution is 0.524. The first kappa shape index (κ1) is 16.2. The zero-order valence-electron chi connectivity index (χ0n) is 12.5. The van der Waals surface area contributed by atoms with Crippen LogP contribution in [0.3, 0.4) is 0 Å². The van der Waals surface area contributed by atoms with Crippen molar-refractivity contribution >= 4 is 15.9 Å².